The summed E-state index contributed by atoms with van der Waals surface area (Å²) in [6.45, 7) is 4.95. The zero-order chi connectivity index (χ0) is 68.4. The van der Waals surface area contributed by atoms with Gasteiger partial charge in [0, 0.05) is 12.8 Å². The zero-order valence-corrected chi connectivity index (χ0v) is 64.4. The molecule has 0 fully saturated rings. The van der Waals surface area contributed by atoms with Crippen LogP contribution in [0.3, 0.4) is 0 Å². The predicted octanol–water partition coefficient (Wildman–Crippen LogP) is 29.1. The monoisotopic (exact) mass is 1330 g/mol. The summed E-state index contributed by atoms with van der Waals surface area (Å²) in [5.74, 6) is -0.0481. The third kappa shape index (κ3) is 80.7. The summed E-state index contributed by atoms with van der Waals surface area (Å²) >= 11 is 0. The smallest absolute Gasteiger partial charge is 0.305 e. The predicted molar refractivity (Wildman–Crippen MR) is 421 cm³/mol. The van der Waals surface area contributed by atoms with Crippen molar-refractivity contribution in [2.24, 2.45) is 0 Å². The number of carbonyl (C=O) groups is 2. The van der Waals surface area contributed by atoms with E-state index in [4.69, 9.17) is 4.74 Å². The minimum Gasteiger partial charge on any atom is -0.466 e. The number of nitrogens with one attached hydrogen (secondary N) is 1. The molecule has 6 heteroatoms. The van der Waals surface area contributed by atoms with Gasteiger partial charge in [-0.3, -0.25) is 9.59 Å². The maximum atomic E-state index is 12.6. The number of allylic oxidation sites excluding steroid dienone is 7. The number of unbranched alkanes of at least 4 members (excludes halogenated alkanes) is 65. The highest BCUT2D eigenvalue weighted by Gasteiger charge is 2.18. The van der Waals surface area contributed by atoms with Crippen LogP contribution < -0.4 is 5.32 Å². The summed E-state index contributed by atoms with van der Waals surface area (Å²) in [6.07, 6.45) is 113. The molecule has 0 aromatic carbocycles. The van der Waals surface area contributed by atoms with Gasteiger partial charge in [-0.25, -0.2) is 0 Å². The summed E-state index contributed by atoms with van der Waals surface area (Å²) in [7, 11) is 0. The number of aliphatic hydroxyl groups is 2. The Kier molecular flexibility index (Phi) is 82.3. The number of carbonyl (C=O) groups excluding carboxylic acids is 2. The minimum atomic E-state index is -0.845. The average Bonchev–Trinajstić information content (AvgIpc) is 2.97. The van der Waals surface area contributed by atoms with Crippen molar-refractivity contribution in [2.45, 2.75) is 495 Å². The molecule has 0 radical (unpaired) electrons. The van der Waals surface area contributed by atoms with Crippen molar-refractivity contribution in [3.8, 4) is 0 Å². The Morgan fingerprint density at radius 1 is 0.295 bits per heavy atom. The van der Waals surface area contributed by atoms with Crippen LogP contribution in [0.15, 0.2) is 48.6 Å². The van der Waals surface area contributed by atoms with Gasteiger partial charge in [0.05, 0.1) is 25.4 Å². The number of hydrogen-bond acceptors (Lipinski definition) is 5. The number of aliphatic hydroxyl groups excluding tert-OH is 2. The third-order valence-electron chi connectivity index (χ3n) is 20.3. The van der Waals surface area contributed by atoms with Crippen LogP contribution in [0.25, 0.3) is 0 Å². The molecule has 0 bridgehead atoms. The molecule has 0 aliphatic heterocycles. The second-order valence-corrected chi connectivity index (χ2v) is 29.9. The second kappa shape index (κ2) is 84.2. The minimum absolute atomic E-state index is 0.0119. The van der Waals surface area contributed by atoms with Gasteiger partial charge in [0.1, 0.15) is 0 Å². The first-order valence-corrected chi connectivity index (χ1v) is 43.4. The van der Waals surface area contributed by atoms with Crippen LogP contribution in [-0.4, -0.2) is 47.4 Å². The largest absolute Gasteiger partial charge is 0.466 e. The van der Waals surface area contributed by atoms with E-state index in [1.165, 1.54) is 405 Å². The molecule has 6 nitrogen and oxygen atoms in total. The van der Waals surface area contributed by atoms with E-state index in [0.717, 1.165) is 51.4 Å². The Morgan fingerprint density at radius 2 is 0.526 bits per heavy atom. The topological polar surface area (TPSA) is 95.9 Å². The van der Waals surface area contributed by atoms with Crippen molar-refractivity contribution in [1.82, 2.24) is 5.32 Å². The van der Waals surface area contributed by atoms with E-state index in [0.29, 0.717) is 19.4 Å². The van der Waals surface area contributed by atoms with Crippen molar-refractivity contribution < 1.29 is 24.5 Å². The maximum absolute atomic E-state index is 12.6. The van der Waals surface area contributed by atoms with Gasteiger partial charge < -0.3 is 20.3 Å². The second-order valence-electron chi connectivity index (χ2n) is 29.9. The van der Waals surface area contributed by atoms with E-state index in [1.807, 2.05) is 6.08 Å². The fourth-order valence-corrected chi connectivity index (χ4v) is 13.7. The molecule has 0 aromatic heterocycles. The van der Waals surface area contributed by atoms with Crippen molar-refractivity contribution in [3.63, 3.8) is 0 Å². The maximum Gasteiger partial charge on any atom is 0.305 e. The van der Waals surface area contributed by atoms with Gasteiger partial charge >= 0.3 is 5.97 Å². The number of amides is 1. The fourth-order valence-electron chi connectivity index (χ4n) is 13.7. The number of rotatable bonds is 82. The van der Waals surface area contributed by atoms with Crippen LogP contribution in [0.5, 0.6) is 0 Å². The van der Waals surface area contributed by atoms with Crippen LogP contribution >= 0.6 is 0 Å². The van der Waals surface area contributed by atoms with Crippen molar-refractivity contribution >= 4 is 11.9 Å². The number of ether oxygens (including phenoxy) is 1. The lowest BCUT2D eigenvalue weighted by molar-refractivity contribution is -0.143. The van der Waals surface area contributed by atoms with Gasteiger partial charge in [0.15, 0.2) is 0 Å². The Morgan fingerprint density at radius 3 is 0.811 bits per heavy atom. The van der Waals surface area contributed by atoms with Gasteiger partial charge in [-0.15, -0.1) is 0 Å². The van der Waals surface area contributed by atoms with E-state index in [2.05, 4.69) is 55.6 Å². The van der Waals surface area contributed by atoms with Crippen LogP contribution in [0.2, 0.25) is 0 Å². The standard InChI is InChI=1S/C89H169NO5/c1-3-5-7-9-11-13-15-17-19-21-22-23-24-38-41-44-47-50-53-57-61-65-69-73-77-81-87(92)86(85-91)90-88(93)82-78-74-70-66-62-58-54-51-48-45-42-39-36-34-32-30-28-26-25-27-29-31-33-35-37-40-43-46-49-52-56-60-64-68-72-76-80-84-95-89(94)83-79-75-71-67-63-59-55-20-18-16-14-12-10-8-6-4-2/h20,25,27,31,33,55,77,81,86-87,91-92H,3-19,21-24,26,28-30,32,34-54,56-76,78-80,82-85H2,1-2H3,(H,90,93)/b27-25-,33-31-,55-20-,81-77+. The normalized spacial score (nSPS) is 12.7. The molecule has 0 rings (SSSR count). The van der Waals surface area contributed by atoms with Crippen molar-refractivity contribution in [3.05, 3.63) is 48.6 Å². The van der Waals surface area contributed by atoms with E-state index in [1.54, 1.807) is 6.08 Å². The molecule has 2 atom stereocenters. The van der Waals surface area contributed by atoms with E-state index < -0.39 is 12.1 Å². The first-order valence-electron chi connectivity index (χ1n) is 43.4. The van der Waals surface area contributed by atoms with Crippen LogP contribution in [0.4, 0.5) is 0 Å². The molecule has 0 aliphatic carbocycles. The molecule has 0 saturated heterocycles. The Hall–Kier alpha value is -2.18. The fraction of sp³-hybridized carbons (Fsp3) is 0.888. The summed E-state index contributed by atoms with van der Waals surface area (Å²) in [5, 5.41) is 23.3. The molecule has 0 spiro atoms. The van der Waals surface area contributed by atoms with E-state index in [9.17, 15) is 19.8 Å². The highest BCUT2D eigenvalue weighted by molar-refractivity contribution is 5.76. The van der Waals surface area contributed by atoms with Gasteiger partial charge in [-0.05, 0) is 89.9 Å². The van der Waals surface area contributed by atoms with Gasteiger partial charge in [-0.2, -0.15) is 0 Å². The molecule has 3 N–H and O–H groups in total. The lowest BCUT2D eigenvalue weighted by Gasteiger charge is -2.20. The van der Waals surface area contributed by atoms with E-state index in [-0.39, 0.29) is 18.5 Å². The highest BCUT2D eigenvalue weighted by Crippen LogP contribution is 2.20. The first-order chi connectivity index (χ1) is 47.0. The van der Waals surface area contributed by atoms with Crippen LogP contribution in [0.1, 0.15) is 483 Å². The Bertz CT molecular complexity index is 1590. The summed E-state index contributed by atoms with van der Waals surface area (Å²) in [5.41, 5.74) is 0. The first kappa shape index (κ1) is 92.8. The average molecular weight is 1330 g/mol. The molecule has 0 aromatic rings. The molecule has 0 saturated carbocycles. The summed E-state index contributed by atoms with van der Waals surface area (Å²) < 4.78 is 5.50. The molecule has 95 heavy (non-hydrogen) atoms. The van der Waals surface area contributed by atoms with Gasteiger partial charge in [0.25, 0.3) is 0 Å². The molecule has 0 aliphatic rings. The number of hydrogen-bond donors (Lipinski definition) is 3. The molecule has 1 amide bonds. The van der Waals surface area contributed by atoms with Crippen molar-refractivity contribution in [2.75, 3.05) is 13.2 Å². The molecule has 560 valence electrons. The molecule has 0 heterocycles. The number of esters is 1. The summed E-state index contributed by atoms with van der Waals surface area (Å²) in [6, 6.07) is -0.628. The highest BCUT2D eigenvalue weighted by atomic mass is 16.5. The van der Waals surface area contributed by atoms with Crippen LogP contribution in [0, 0.1) is 0 Å². The van der Waals surface area contributed by atoms with Gasteiger partial charge in [-0.1, -0.05) is 428 Å². The Labute approximate surface area is 595 Å². The van der Waals surface area contributed by atoms with Crippen LogP contribution in [-0.2, 0) is 14.3 Å². The summed E-state index contributed by atoms with van der Waals surface area (Å²) in [4.78, 5) is 24.7. The quantitative estimate of drug-likeness (QED) is 0.0320. The zero-order valence-electron chi connectivity index (χ0n) is 64.4. The lowest BCUT2D eigenvalue weighted by atomic mass is 10.0. The van der Waals surface area contributed by atoms with Crippen molar-refractivity contribution in [1.29, 1.82) is 0 Å². The Balaban J connectivity index is 3.39. The molecule has 2 unspecified atom stereocenters. The third-order valence-corrected chi connectivity index (χ3v) is 20.3. The molecular weight excluding hydrogens is 1160 g/mol. The van der Waals surface area contributed by atoms with Gasteiger partial charge in [0.2, 0.25) is 5.91 Å². The SMILES string of the molecule is CCCCCCCCC/C=C\CCCCCCCC(=O)OCCCCCCCCCCCCCCC/C=C\C/C=C\CCCCCCCCCCCCCCCCCCCC(=O)NC(CO)C(O)/C=C/CCCCCCCCCCCCCCCCCCCCCCCCC. The molecular formula is C89H169NO5. The van der Waals surface area contributed by atoms with E-state index >= 15 is 0 Å². The lowest BCUT2D eigenvalue weighted by Crippen LogP contribution is -2.45.